The van der Waals surface area contributed by atoms with E-state index < -0.39 is 0 Å². The van der Waals surface area contributed by atoms with Crippen LogP contribution in [0.3, 0.4) is 0 Å². The maximum absolute atomic E-state index is 4.63. The van der Waals surface area contributed by atoms with E-state index in [0.29, 0.717) is 6.04 Å². The van der Waals surface area contributed by atoms with Gasteiger partial charge in [-0.3, -0.25) is 4.99 Å². The monoisotopic (exact) mass is 408 g/mol. The van der Waals surface area contributed by atoms with Gasteiger partial charge in [-0.1, -0.05) is 0 Å². The van der Waals surface area contributed by atoms with E-state index in [9.17, 15) is 0 Å². The number of aliphatic imine (C=N–C) groups is 1. The number of aromatic nitrogens is 1. The van der Waals surface area contributed by atoms with Gasteiger partial charge in [0.05, 0.1) is 10.7 Å². The number of guanidine groups is 1. The number of hydrogen-bond acceptors (Lipinski definition) is 3. The molecule has 0 spiro atoms. The zero-order valence-electron chi connectivity index (χ0n) is 12.5. The fraction of sp³-hybridized carbons (Fsp3) is 0.714. The Balaban J connectivity index is 0.00000200. The van der Waals surface area contributed by atoms with Gasteiger partial charge in [-0.2, -0.15) is 0 Å². The molecule has 0 saturated heterocycles. The van der Waals surface area contributed by atoms with E-state index in [1.165, 1.54) is 29.1 Å². The number of nitrogens with one attached hydrogen (secondary N) is 2. The van der Waals surface area contributed by atoms with Crippen molar-refractivity contribution < 1.29 is 0 Å². The molecule has 20 heavy (non-hydrogen) atoms. The molecule has 1 fully saturated rings. The van der Waals surface area contributed by atoms with E-state index in [1.807, 2.05) is 0 Å². The number of halogens is 1. The van der Waals surface area contributed by atoms with Crippen molar-refractivity contribution in [3.63, 3.8) is 0 Å². The van der Waals surface area contributed by atoms with E-state index in [2.05, 4.69) is 41.4 Å². The Morgan fingerprint density at radius 3 is 2.65 bits per heavy atom. The zero-order chi connectivity index (χ0) is 13.7. The third-order valence-corrected chi connectivity index (χ3v) is 4.59. The Hall–Kier alpha value is -0.370. The minimum Gasteiger partial charge on any atom is -0.357 e. The molecule has 2 N–H and O–H groups in total. The third-order valence-electron chi connectivity index (χ3n) is 3.46. The molecule has 1 aliphatic carbocycles. The fourth-order valence-electron chi connectivity index (χ4n) is 1.98. The van der Waals surface area contributed by atoms with Crippen molar-refractivity contribution in [2.24, 2.45) is 4.99 Å². The summed E-state index contributed by atoms with van der Waals surface area (Å²) in [7, 11) is 0. The number of nitrogens with zero attached hydrogens (tertiary/aromatic N) is 2. The van der Waals surface area contributed by atoms with Gasteiger partial charge in [0.25, 0.3) is 0 Å². The van der Waals surface area contributed by atoms with E-state index in [4.69, 9.17) is 0 Å². The molecule has 0 aromatic carbocycles. The van der Waals surface area contributed by atoms with E-state index >= 15 is 0 Å². The van der Waals surface area contributed by atoms with Crippen LogP contribution in [0.1, 0.15) is 41.8 Å². The molecule has 1 heterocycles. The maximum Gasteiger partial charge on any atom is 0.191 e. The first kappa shape index (κ1) is 17.7. The molecule has 4 nitrogen and oxygen atoms in total. The largest absolute Gasteiger partial charge is 0.357 e. The molecule has 1 aromatic rings. The van der Waals surface area contributed by atoms with Crippen LogP contribution in [0.5, 0.6) is 0 Å². The van der Waals surface area contributed by atoms with Crippen molar-refractivity contribution in [2.75, 3.05) is 13.1 Å². The maximum atomic E-state index is 4.63. The predicted molar refractivity (Wildman–Crippen MR) is 97.5 cm³/mol. The summed E-state index contributed by atoms with van der Waals surface area (Å²) in [5.74, 6) is 0.956. The average molecular weight is 408 g/mol. The lowest BCUT2D eigenvalue weighted by atomic mass is 9.93. The molecule has 6 heteroatoms. The van der Waals surface area contributed by atoms with Gasteiger partial charge in [-0.15, -0.1) is 35.3 Å². The van der Waals surface area contributed by atoms with Gasteiger partial charge >= 0.3 is 0 Å². The second-order valence-electron chi connectivity index (χ2n) is 5.03. The predicted octanol–water partition coefficient (Wildman–Crippen LogP) is 3.03. The first-order valence-electron chi connectivity index (χ1n) is 7.16. The van der Waals surface area contributed by atoms with Crippen LogP contribution in [0.4, 0.5) is 0 Å². The summed E-state index contributed by atoms with van der Waals surface area (Å²) in [5, 5.41) is 7.98. The van der Waals surface area contributed by atoms with Crippen LogP contribution in [0.2, 0.25) is 0 Å². The second-order valence-corrected chi connectivity index (χ2v) is 6.32. The van der Waals surface area contributed by atoms with Crippen molar-refractivity contribution >= 4 is 41.3 Å². The first-order chi connectivity index (χ1) is 9.19. The Morgan fingerprint density at radius 1 is 1.40 bits per heavy atom. The normalized spacial score (nSPS) is 15.4. The van der Waals surface area contributed by atoms with Gasteiger partial charge in [0.15, 0.2) is 5.96 Å². The summed E-state index contributed by atoms with van der Waals surface area (Å²) < 4.78 is 0. The lowest BCUT2D eigenvalue weighted by Crippen LogP contribution is -2.46. The standard InChI is InChI=1S/C14H24N4S.HI/c1-4-15-14(18-12-6-5-7-12)16-9-8-13-17-10(2)11(3)19-13;/h12H,4-9H2,1-3H3,(H2,15,16,18);1H. The zero-order valence-corrected chi connectivity index (χ0v) is 15.7. The average Bonchev–Trinajstić information content (AvgIpc) is 2.63. The highest BCUT2D eigenvalue weighted by Gasteiger charge is 2.17. The molecule has 0 amide bonds. The molecular formula is C14H25IN4S. The number of thiazole rings is 1. The lowest BCUT2D eigenvalue weighted by molar-refractivity contribution is 0.380. The highest BCUT2D eigenvalue weighted by atomic mass is 127. The quantitative estimate of drug-likeness (QED) is 0.448. The Bertz CT molecular complexity index is 421. The summed E-state index contributed by atoms with van der Waals surface area (Å²) in [6.07, 6.45) is 4.82. The summed E-state index contributed by atoms with van der Waals surface area (Å²) in [4.78, 5) is 10.5. The molecule has 1 aliphatic rings. The van der Waals surface area contributed by atoms with Crippen LogP contribution in [-0.2, 0) is 6.42 Å². The van der Waals surface area contributed by atoms with Crippen molar-refractivity contribution in [2.45, 2.75) is 52.5 Å². The molecule has 2 rings (SSSR count). The summed E-state index contributed by atoms with van der Waals surface area (Å²) in [5.41, 5.74) is 1.16. The van der Waals surface area contributed by atoms with Crippen LogP contribution >= 0.6 is 35.3 Å². The molecule has 0 atom stereocenters. The summed E-state index contributed by atoms with van der Waals surface area (Å²) >= 11 is 1.79. The van der Waals surface area contributed by atoms with Crippen LogP contribution in [0.15, 0.2) is 4.99 Å². The molecule has 0 unspecified atom stereocenters. The van der Waals surface area contributed by atoms with Gasteiger partial charge in [-0.05, 0) is 40.0 Å². The Labute approximate surface area is 142 Å². The van der Waals surface area contributed by atoms with E-state index in [-0.39, 0.29) is 24.0 Å². The fourth-order valence-corrected chi connectivity index (χ4v) is 2.90. The van der Waals surface area contributed by atoms with Crippen molar-refractivity contribution in [1.82, 2.24) is 15.6 Å². The molecule has 1 aromatic heterocycles. The third kappa shape index (κ3) is 5.20. The van der Waals surface area contributed by atoms with Crippen molar-refractivity contribution in [1.29, 1.82) is 0 Å². The van der Waals surface area contributed by atoms with Gasteiger partial charge < -0.3 is 10.6 Å². The van der Waals surface area contributed by atoms with Crippen LogP contribution < -0.4 is 10.6 Å². The lowest BCUT2D eigenvalue weighted by Gasteiger charge is -2.28. The summed E-state index contributed by atoms with van der Waals surface area (Å²) in [6.45, 7) is 8.01. The molecule has 1 saturated carbocycles. The van der Waals surface area contributed by atoms with Crippen molar-refractivity contribution in [3.8, 4) is 0 Å². The number of rotatable bonds is 5. The van der Waals surface area contributed by atoms with Crippen LogP contribution in [0.25, 0.3) is 0 Å². The molecule has 0 radical (unpaired) electrons. The molecule has 0 bridgehead atoms. The van der Waals surface area contributed by atoms with Crippen LogP contribution in [0, 0.1) is 13.8 Å². The highest BCUT2D eigenvalue weighted by Crippen LogP contribution is 2.18. The minimum atomic E-state index is 0. The van der Waals surface area contributed by atoms with Gasteiger partial charge in [-0.25, -0.2) is 4.98 Å². The highest BCUT2D eigenvalue weighted by molar-refractivity contribution is 14.0. The van der Waals surface area contributed by atoms with Gasteiger partial charge in [0, 0.05) is 30.4 Å². The summed E-state index contributed by atoms with van der Waals surface area (Å²) in [6, 6.07) is 0.627. The van der Waals surface area contributed by atoms with Gasteiger partial charge in [0.2, 0.25) is 0 Å². The Kier molecular flexibility index (Phi) is 7.79. The van der Waals surface area contributed by atoms with Crippen LogP contribution in [-0.4, -0.2) is 30.1 Å². The SMILES string of the molecule is CCNC(=NCCc1nc(C)c(C)s1)NC1CCC1.I. The van der Waals surface area contributed by atoms with Crippen molar-refractivity contribution in [3.05, 3.63) is 15.6 Å². The van der Waals surface area contributed by atoms with E-state index in [1.54, 1.807) is 11.3 Å². The van der Waals surface area contributed by atoms with Gasteiger partial charge in [0.1, 0.15) is 0 Å². The molecular weight excluding hydrogens is 383 g/mol. The number of hydrogen-bond donors (Lipinski definition) is 2. The molecule has 0 aliphatic heterocycles. The second kappa shape index (κ2) is 8.81. The Morgan fingerprint density at radius 2 is 2.15 bits per heavy atom. The first-order valence-corrected chi connectivity index (χ1v) is 7.98. The number of aryl methyl sites for hydroxylation is 2. The minimum absolute atomic E-state index is 0. The molecule has 114 valence electrons. The topological polar surface area (TPSA) is 49.3 Å². The van der Waals surface area contributed by atoms with E-state index in [0.717, 1.165) is 31.2 Å². The smallest absolute Gasteiger partial charge is 0.191 e.